The number of ketones is 2. The summed E-state index contributed by atoms with van der Waals surface area (Å²) in [4.78, 5) is 46.5. The highest BCUT2D eigenvalue weighted by molar-refractivity contribution is 6.36. The van der Waals surface area contributed by atoms with Crippen molar-refractivity contribution in [2.75, 3.05) is 112 Å². The van der Waals surface area contributed by atoms with Crippen molar-refractivity contribution in [1.82, 2.24) is 24.5 Å². The van der Waals surface area contributed by atoms with Gasteiger partial charge in [0.2, 0.25) is 0 Å². The van der Waals surface area contributed by atoms with E-state index in [1.807, 2.05) is 36.4 Å². The first-order chi connectivity index (χ1) is 58.0. The fourth-order valence-electron chi connectivity index (χ4n) is 20.5. The van der Waals surface area contributed by atoms with Crippen molar-refractivity contribution >= 4 is 137 Å². The van der Waals surface area contributed by atoms with Gasteiger partial charge in [0.05, 0.1) is 102 Å². The maximum Gasteiger partial charge on any atom is 0.416 e. The molecule has 6 saturated carbocycles. The lowest BCUT2D eigenvalue weighted by molar-refractivity contribution is -0.146. The molecule has 0 N–H and O–H groups in total. The minimum Gasteiger partial charge on any atom is -0.461 e. The number of ether oxygens (including phenoxy) is 8. The Labute approximate surface area is 788 Å². The van der Waals surface area contributed by atoms with Gasteiger partial charge in [-0.3, -0.25) is 38.9 Å². The van der Waals surface area contributed by atoms with Crippen LogP contribution in [0.1, 0.15) is 227 Å². The van der Waals surface area contributed by atoms with Crippen molar-refractivity contribution in [3.05, 3.63) is 151 Å². The third kappa shape index (κ3) is 33.7. The van der Waals surface area contributed by atoms with Crippen LogP contribution >= 0.6 is 108 Å². The van der Waals surface area contributed by atoms with Crippen molar-refractivity contribution < 1.29 is 65.4 Å². The Morgan fingerprint density at radius 1 is 0.411 bits per heavy atom. The molecule has 5 aromatic carbocycles. The second-order valence-electron chi connectivity index (χ2n) is 34.9. The molecule has 11 fully saturated rings. The first-order valence-electron chi connectivity index (χ1n) is 45.6. The smallest absolute Gasteiger partial charge is 0.416 e. The summed E-state index contributed by atoms with van der Waals surface area (Å²) in [5, 5.41) is 5.30. The number of hydrogen-bond acceptors (Lipinski definition) is 16. The zero-order chi connectivity index (χ0) is 83.1. The number of esters is 1. The number of benzene rings is 5. The number of carbonyl (C=O) groups excluding carboxylic acids is 3. The third-order valence-corrected chi connectivity index (χ3v) is 28.2. The van der Waals surface area contributed by atoms with Gasteiger partial charge in [-0.15, -0.1) is 62.0 Å². The highest BCUT2D eigenvalue weighted by atomic mass is 35.5. The average Bonchev–Trinajstić information content (AvgIpc) is 1.01. The average molecular weight is 1920 g/mol. The molecule has 11 aliphatic rings. The van der Waals surface area contributed by atoms with E-state index < -0.39 is 11.7 Å². The fraction of sp³-hybridized carbons (Fsp3) is 0.677. The second-order valence-corrected chi connectivity index (χ2v) is 36.5. The number of fused-ring (bicyclic) bond motifs is 1. The molecule has 698 valence electrons. The van der Waals surface area contributed by atoms with Crippen molar-refractivity contribution in [3.8, 4) is 0 Å². The highest BCUT2D eigenvalue weighted by Crippen LogP contribution is 2.38. The molecule has 0 amide bonds. The Bertz CT molecular complexity index is 3850. The number of morpholine rings is 2. The molecule has 11 atom stereocenters. The molecule has 16 rings (SSSR count). The minimum absolute atomic E-state index is 0. The van der Waals surface area contributed by atoms with Crippen LogP contribution < -0.4 is 0 Å². The Balaban J connectivity index is 0.000000211. The number of Topliss-reactive ketones (excluding diaryl/α,β-unsaturated/α-hetero) is 2. The molecular weight excluding hydrogens is 1780 g/mol. The molecule has 6 aliphatic carbocycles. The van der Waals surface area contributed by atoms with Crippen molar-refractivity contribution in [2.45, 2.75) is 299 Å². The van der Waals surface area contributed by atoms with Crippen LogP contribution in [0.2, 0.25) is 20.1 Å². The number of likely N-dealkylation sites (tertiary alicyclic amines) is 3. The third-order valence-electron chi connectivity index (χ3n) is 26.8. The molecule has 5 unspecified atom stereocenters. The SMILES string of the molecule is CC(=O)OC1CCN([C@@H]2CCCCC2OCCc2cccc3ccccc23)C1.Cl.Cl.Cl.Cl.Cl.Clc1cccc(Cl)c1COC1CCCC[C@H]1N1CCOCC1.FC(F)(F)c1ccccc1CCO[C@H]1CCCC[C@H]1N1CCOCC1.O=C1CCN([C@@H]2CCCCC2OCCCC2CCCCC2)C1.O=C1CCN([C@@H]2CCCCC2OCc2c(Cl)cccc2Cl)C1. The predicted molar refractivity (Wildman–Crippen MR) is 504 cm³/mol. The Kier molecular flexibility index (Phi) is 50.1. The summed E-state index contributed by atoms with van der Waals surface area (Å²) < 4.78 is 86.7. The highest BCUT2D eigenvalue weighted by Gasteiger charge is 2.41. The summed E-state index contributed by atoms with van der Waals surface area (Å²) in [7, 11) is 0. The van der Waals surface area contributed by atoms with Crippen LogP contribution in [-0.4, -0.2) is 221 Å². The number of carbonyl (C=O) groups is 3. The van der Waals surface area contributed by atoms with Gasteiger partial charge in [-0.1, -0.05) is 216 Å². The number of rotatable bonds is 25. The summed E-state index contributed by atoms with van der Waals surface area (Å²) in [6.45, 7) is 16.4. The summed E-state index contributed by atoms with van der Waals surface area (Å²) in [5.41, 5.74) is 2.88. The molecule has 5 saturated heterocycles. The molecule has 0 aromatic heterocycles. The van der Waals surface area contributed by atoms with Crippen LogP contribution in [0.3, 0.4) is 0 Å². The Morgan fingerprint density at radius 2 is 0.790 bits per heavy atom. The van der Waals surface area contributed by atoms with Gasteiger partial charge < -0.3 is 37.9 Å². The fourth-order valence-corrected chi connectivity index (χ4v) is 21.5. The number of nitrogens with zero attached hydrogens (tertiary/aromatic N) is 5. The van der Waals surface area contributed by atoms with E-state index in [0.29, 0.717) is 125 Å². The summed E-state index contributed by atoms with van der Waals surface area (Å²) >= 11 is 24.9. The summed E-state index contributed by atoms with van der Waals surface area (Å²) in [6, 6.07) is 34.2. The van der Waals surface area contributed by atoms with Gasteiger partial charge in [0.25, 0.3) is 0 Å². The Morgan fingerprint density at radius 3 is 1.24 bits per heavy atom. The quantitative estimate of drug-likeness (QED) is 0.0404. The van der Waals surface area contributed by atoms with Gasteiger partial charge in [-0.25, -0.2) is 0 Å². The van der Waals surface area contributed by atoms with Gasteiger partial charge in [0.1, 0.15) is 17.7 Å². The first-order valence-corrected chi connectivity index (χ1v) is 47.1. The first kappa shape index (κ1) is 108. The van der Waals surface area contributed by atoms with Gasteiger partial charge in [0.15, 0.2) is 0 Å². The van der Waals surface area contributed by atoms with Crippen molar-refractivity contribution in [1.29, 1.82) is 0 Å². The second kappa shape index (κ2) is 57.5. The van der Waals surface area contributed by atoms with Crippen molar-refractivity contribution in [3.63, 3.8) is 0 Å². The molecule has 0 radical (unpaired) electrons. The number of halogens is 12. The lowest BCUT2D eigenvalue weighted by Crippen LogP contribution is -2.51. The molecule has 0 bridgehead atoms. The van der Waals surface area contributed by atoms with E-state index in [2.05, 4.69) is 67.0 Å². The number of hydrogen-bond donors (Lipinski definition) is 0. The van der Waals surface area contributed by atoms with E-state index in [9.17, 15) is 27.6 Å². The maximum atomic E-state index is 13.1. The maximum absolute atomic E-state index is 13.1. The van der Waals surface area contributed by atoms with Crippen LogP contribution in [-0.2, 0) is 84.5 Å². The van der Waals surface area contributed by atoms with Crippen LogP contribution in [0.15, 0.2) is 103 Å². The van der Waals surface area contributed by atoms with Crippen LogP contribution in [0.25, 0.3) is 10.8 Å². The van der Waals surface area contributed by atoms with Crippen molar-refractivity contribution in [2.24, 2.45) is 5.92 Å². The van der Waals surface area contributed by atoms with Gasteiger partial charge in [-0.05, 0) is 154 Å². The Hall–Kier alpha value is -2.91. The molecule has 5 aromatic rings. The minimum atomic E-state index is -4.31. The molecule has 28 heteroatoms. The topological polar surface area (TPSA) is 141 Å². The van der Waals surface area contributed by atoms with E-state index in [-0.39, 0.29) is 92.4 Å². The van der Waals surface area contributed by atoms with Gasteiger partial charge in [0, 0.05) is 140 Å². The lowest BCUT2D eigenvalue weighted by Gasteiger charge is -2.41. The van der Waals surface area contributed by atoms with E-state index in [1.54, 1.807) is 12.1 Å². The van der Waals surface area contributed by atoms with Crippen LogP contribution in [0.5, 0.6) is 0 Å². The molecule has 16 nitrogen and oxygen atoms in total. The van der Waals surface area contributed by atoms with E-state index in [0.717, 1.165) is 179 Å². The summed E-state index contributed by atoms with van der Waals surface area (Å²) in [5.74, 6) is 1.56. The summed E-state index contributed by atoms with van der Waals surface area (Å²) in [6.07, 6.45) is 34.0. The predicted octanol–water partition coefficient (Wildman–Crippen LogP) is 22.6. The van der Waals surface area contributed by atoms with Gasteiger partial charge in [-0.2, -0.15) is 13.2 Å². The molecule has 124 heavy (non-hydrogen) atoms. The van der Waals surface area contributed by atoms with Crippen LogP contribution in [0, 0.1) is 5.92 Å². The van der Waals surface area contributed by atoms with E-state index >= 15 is 0 Å². The lowest BCUT2D eigenvalue weighted by atomic mass is 9.86. The number of alkyl halides is 3. The van der Waals surface area contributed by atoms with E-state index in [1.165, 1.54) is 158 Å². The van der Waals surface area contributed by atoms with Gasteiger partial charge >= 0.3 is 12.1 Å². The molecular formula is C96H139Cl9F3N5O11. The van der Waals surface area contributed by atoms with Crippen LogP contribution in [0.4, 0.5) is 13.2 Å². The van der Waals surface area contributed by atoms with E-state index in [4.69, 9.17) is 84.3 Å². The normalized spacial score (nSPS) is 26.2. The standard InChI is InChI=1S/C24H31NO3.C19H26F3NO2.C19H33NO2.C17H23Cl2NO2.C17H21Cl2NO2.5ClH/c1-18(26)28-21-13-15-25(17-21)23-11-4-5-12-24(23)27-16-14-20-9-6-8-19-7-2-3-10-22(19)20;20-19(21,22)16-6-2-1-5-15(16)9-12-25-18-8-4-3-7-17(18)23-10-13-24-14-11-23;21-17-12-13-20(15-17)18-10-4-5-11-19(18)22-14-6-9-16-7-2-1-3-8-16;18-14-4-3-5-15(19)13(14)12-22-17-7-2-1-6-16(17)20-8-10-21-11-9-20;18-14-4-3-5-15(19)13(14)11-22-17-7-2-1-6-16(17)20-9-8-12(21)10-20;;;;;/h2-3,6-10,21,23-24H,4-5,11-17H2,1H3;1-2,5-6,17-18H,3-4,7-14H2;16,18-19H,1-15H2;3-5,16-17H,1-2,6-12H2;3-5,16-17H,1-2,6-11H2;5*1H/t21?,23-,24?;17-,18+;18-,19?;2*16-,17?;;;;;/m11111...../s1. The largest absolute Gasteiger partial charge is 0.461 e. The molecule has 5 aliphatic heterocycles. The zero-order valence-corrected chi connectivity index (χ0v) is 79.8. The monoisotopic (exact) mass is 1910 g/mol. The molecule has 0 spiro atoms. The molecule has 5 heterocycles. The zero-order valence-electron chi connectivity index (χ0n) is 72.7.